The van der Waals surface area contributed by atoms with Crippen molar-refractivity contribution in [2.24, 2.45) is 11.3 Å². The second kappa shape index (κ2) is 3.75. The summed E-state index contributed by atoms with van der Waals surface area (Å²) in [7, 11) is 0. The molecule has 1 aliphatic heterocycles. The molecule has 2 fully saturated rings. The molecule has 1 aliphatic carbocycles. The molecule has 2 nitrogen and oxygen atoms in total. The van der Waals surface area contributed by atoms with E-state index >= 15 is 0 Å². The summed E-state index contributed by atoms with van der Waals surface area (Å²) in [6.07, 6.45) is -2.90. The minimum absolute atomic E-state index is 0.0627. The van der Waals surface area contributed by atoms with Crippen LogP contribution in [0, 0.1) is 11.3 Å². The Labute approximate surface area is 98.5 Å². The molecule has 1 saturated carbocycles. The highest BCUT2D eigenvalue weighted by molar-refractivity contribution is 5.86. The van der Waals surface area contributed by atoms with E-state index in [-0.39, 0.29) is 12.3 Å². The van der Waals surface area contributed by atoms with Gasteiger partial charge in [-0.05, 0) is 19.3 Å². The first-order valence-electron chi connectivity index (χ1n) is 5.78. The first-order chi connectivity index (χ1) is 7.75. The first-order valence-corrected chi connectivity index (χ1v) is 5.78. The van der Waals surface area contributed by atoms with Crippen LogP contribution in [-0.4, -0.2) is 30.1 Å². The molecule has 0 aromatic rings. The standard InChI is InChI=1S/C12H16F3NO/c1-8-3-5-16(6-4-8)10(17)11(2)7-9(11)12(13,14)15/h9H,1,3-7H2,2H3/t9-,11-/m0/s1. The number of carbonyl (C=O) groups is 1. The molecule has 0 aromatic carbocycles. The van der Waals surface area contributed by atoms with E-state index in [0.717, 1.165) is 5.57 Å². The second-order valence-electron chi connectivity index (χ2n) is 5.26. The second-order valence-corrected chi connectivity index (χ2v) is 5.26. The predicted molar refractivity (Wildman–Crippen MR) is 57.2 cm³/mol. The van der Waals surface area contributed by atoms with E-state index in [4.69, 9.17) is 0 Å². The number of carbonyl (C=O) groups excluding carboxylic acids is 1. The largest absolute Gasteiger partial charge is 0.392 e. The van der Waals surface area contributed by atoms with Crippen molar-refractivity contribution in [2.75, 3.05) is 13.1 Å². The molecule has 0 N–H and O–H groups in total. The van der Waals surface area contributed by atoms with Crippen LogP contribution in [0.2, 0.25) is 0 Å². The van der Waals surface area contributed by atoms with Gasteiger partial charge in [-0.15, -0.1) is 0 Å². The van der Waals surface area contributed by atoms with Gasteiger partial charge < -0.3 is 4.90 Å². The fourth-order valence-corrected chi connectivity index (χ4v) is 2.47. The summed E-state index contributed by atoms with van der Waals surface area (Å²) in [6, 6.07) is 0. The molecule has 0 aromatic heterocycles. The van der Waals surface area contributed by atoms with Crippen LogP contribution in [0.1, 0.15) is 26.2 Å². The number of alkyl halides is 3. The van der Waals surface area contributed by atoms with Gasteiger partial charge in [0.05, 0.1) is 11.3 Å². The van der Waals surface area contributed by atoms with Gasteiger partial charge in [-0.2, -0.15) is 13.2 Å². The molecular formula is C12H16F3NO. The summed E-state index contributed by atoms with van der Waals surface area (Å²) in [5, 5.41) is 0. The molecule has 1 heterocycles. The number of nitrogens with zero attached hydrogens (tertiary/aromatic N) is 1. The van der Waals surface area contributed by atoms with Crippen LogP contribution in [0.5, 0.6) is 0 Å². The average molecular weight is 247 g/mol. The van der Waals surface area contributed by atoms with Crippen LogP contribution in [0.15, 0.2) is 12.2 Å². The van der Waals surface area contributed by atoms with Gasteiger partial charge >= 0.3 is 6.18 Å². The SMILES string of the molecule is C=C1CCN(C(=O)[C@@]2(C)C[C@@H]2C(F)(F)F)CC1. The molecule has 1 amide bonds. The van der Waals surface area contributed by atoms with Crippen molar-refractivity contribution in [2.45, 2.75) is 32.4 Å². The minimum Gasteiger partial charge on any atom is -0.342 e. The number of amides is 1. The number of rotatable bonds is 1. The van der Waals surface area contributed by atoms with Crippen LogP contribution in [0.25, 0.3) is 0 Å². The van der Waals surface area contributed by atoms with Crippen molar-refractivity contribution in [1.29, 1.82) is 0 Å². The van der Waals surface area contributed by atoms with E-state index in [0.29, 0.717) is 25.9 Å². The van der Waals surface area contributed by atoms with Crippen molar-refractivity contribution in [1.82, 2.24) is 4.90 Å². The third-order valence-corrected chi connectivity index (χ3v) is 3.88. The van der Waals surface area contributed by atoms with Gasteiger partial charge in [-0.3, -0.25) is 4.79 Å². The zero-order valence-corrected chi connectivity index (χ0v) is 9.81. The fourth-order valence-electron chi connectivity index (χ4n) is 2.47. The Kier molecular flexibility index (Phi) is 2.75. The third kappa shape index (κ3) is 2.19. The predicted octanol–water partition coefficient (Wildman–Crippen LogP) is 2.75. The molecule has 0 spiro atoms. The van der Waals surface area contributed by atoms with Crippen LogP contribution in [0.3, 0.4) is 0 Å². The summed E-state index contributed by atoms with van der Waals surface area (Å²) in [5.74, 6) is -1.79. The van der Waals surface area contributed by atoms with E-state index in [2.05, 4.69) is 6.58 Å². The smallest absolute Gasteiger partial charge is 0.342 e. The first kappa shape index (κ1) is 12.5. The van der Waals surface area contributed by atoms with Crippen LogP contribution in [0.4, 0.5) is 13.2 Å². The monoisotopic (exact) mass is 247 g/mol. The Bertz CT molecular complexity index is 353. The van der Waals surface area contributed by atoms with Crippen LogP contribution < -0.4 is 0 Å². The van der Waals surface area contributed by atoms with Crippen molar-refractivity contribution in [3.05, 3.63) is 12.2 Å². The van der Waals surface area contributed by atoms with Crippen molar-refractivity contribution < 1.29 is 18.0 Å². The lowest BCUT2D eigenvalue weighted by Crippen LogP contribution is -2.41. The van der Waals surface area contributed by atoms with E-state index in [1.54, 1.807) is 4.90 Å². The Hall–Kier alpha value is -1.00. The molecule has 96 valence electrons. The van der Waals surface area contributed by atoms with Gasteiger partial charge in [-0.1, -0.05) is 19.1 Å². The van der Waals surface area contributed by atoms with Gasteiger partial charge in [0.15, 0.2) is 0 Å². The van der Waals surface area contributed by atoms with Crippen molar-refractivity contribution in [3.8, 4) is 0 Å². The summed E-state index contributed by atoms with van der Waals surface area (Å²) in [4.78, 5) is 13.6. The lowest BCUT2D eigenvalue weighted by Gasteiger charge is -2.31. The van der Waals surface area contributed by atoms with Gasteiger partial charge in [0.2, 0.25) is 5.91 Å². The minimum atomic E-state index is -4.25. The van der Waals surface area contributed by atoms with E-state index in [1.165, 1.54) is 6.92 Å². The molecule has 2 atom stereocenters. The normalized spacial score (nSPS) is 33.8. The van der Waals surface area contributed by atoms with Crippen LogP contribution >= 0.6 is 0 Å². The molecule has 1 saturated heterocycles. The molecule has 0 unspecified atom stereocenters. The van der Waals surface area contributed by atoms with Gasteiger partial charge in [0, 0.05) is 13.1 Å². The molecule has 0 radical (unpaired) electrons. The third-order valence-electron chi connectivity index (χ3n) is 3.88. The zero-order chi connectivity index (χ0) is 12.8. The van der Waals surface area contributed by atoms with Crippen molar-refractivity contribution in [3.63, 3.8) is 0 Å². The molecule has 2 aliphatic rings. The van der Waals surface area contributed by atoms with Crippen LogP contribution in [-0.2, 0) is 4.79 Å². The Morgan fingerprint density at radius 2 is 1.94 bits per heavy atom. The Morgan fingerprint density at radius 3 is 2.35 bits per heavy atom. The van der Waals surface area contributed by atoms with E-state index < -0.39 is 17.5 Å². The fraction of sp³-hybridized carbons (Fsp3) is 0.750. The molecule has 17 heavy (non-hydrogen) atoms. The number of hydrogen-bond donors (Lipinski definition) is 0. The number of halogens is 3. The Morgan fingerprint density at radius 1 is 1.41 bits per heavy atom. The highest BCUT2D eigenvalue weighted by atomic mass is 19.4. The van der Waals surface area contributed by atoms with Gasteiger partial charge in [0.1, 0.15) is 0 Å². The molecule has 0 bridgehead atoms. The van der Waals surface area contributed by atoms with E-state index in [1.807, 2.05) is 0 Å². The number of hydrogen-bond acceptors (Lipinski definition) is 1. The number of likely N-dealkylation sites (tertiary alicyclic amines) is 1. The molecule has 5 heteroatoms. The highest BCUT2D eigenvalue weighted by Crippen LogP contribution is 2.61. The average Bonchev–Trinajstić information content (AvgIpc) is 2.92. The molecular weight excluding hydrogens is 231 g/mol. The summed E-state index contributed by atoms with van der Waals surface area (Å²) < 4.78 is 37.6. The van der Waals surface area contributed by atoms with Gasteiger partial charge in [0.25, 0.3) is 0 Å². The lowest BCUT2D eigenvalue weighted by molar-refractivity contribution is -0.164. The quantitative estimate of drug-likeness (QED) is 0.652. The zero-order valence-electron chi connectivity index (χ0n) is 9.81. The summed E-state index contributed by atoms with van der Waals surface area (Å²) in [5.41, 5.74) is -0.140. The van der Waals surface area contributed by atoms with Crippen molar-refractivity contribution >= 4 is 5.91 Å². The Balaban J connectivity index is 2.00. The lowest BCUT2D eigenvalue weighted by atomic mass is 10.0. The summed E-state index contributed by atoms with van der Waals surface area (Å²) in [6.45, 7) is 6.27. The molecule has 2 rings (SSSR count). The van der Waals surface area contributed by atoms with E-state index in [9.17, 15) is 18.0 Å². The topological polar surface area (TPSA) is 20.3 Å². The number of piperidine rings is 1. The summed E-state index contributed by atoms with van der Waals surface area (Å²) >= 11 is 0. The maximum absolute atomic E-state index is 12.5. The maximum Gasteiger partial charge on any atom is 0.392 e. The highest BCUT2D eigenvalue weighted by Gasteiger charge is 2.68. The maximum atomic E-state index is 12.5. The van der Waals surface area contributed by atoms with Gasteiger partial charge in [-0.25, -0.2) is 0 Å².